The third-order valence-electron chi connectivity index (χ3n) is 1.90. The van der Waals surface area contributed by atoms with Crippen molar-refractivity contribution < 1.29 is 9.53 Å². The fraction of sp³-hybridized carbons (Fsp3) is 0.500. The zero-order valence-electron chi connectivity index (χ0n) is 10.2. The third-order valence-corrected chi connectivity index (χ3v) is 2.48. The summed E-state index contributed by atoms with van der Waals surface area (Å²) >= 11 is 3.29. The summed E-state index contributed by atoms with van der Waals surface area (Å²) < 4.78 is 5.86. The predicted molar refractivity (Wildman–Crippen MR) is 66.6 cm³/mol. The molecule has 0 spiro atoms. The summed E-state index contributed by atoms with van der Waals surface area (Å²) in [7, 11) is 0. The van der Waals surface area contributed by atoms with Gasteiger partial charge in [-0.3, -0.25) is 0 Å². The second kappa shape index (κ2) is 4.53. The van der Waals surface area contributed by atoms with E-state index in [2.05, 4.69) is 20.9 Å². The molecule has 0 N–H and O–H groups in total. The quantitative estimate of drug-likeness (QED) is 0.586. The monoisotopic (exact) mass is 285 g/mol. The van der Waals surface area contributed by atoms with E-state index in [1.807, 2.05) is 40.7 Å². The van der Waals surface area contributed by atoms with Crippen LogP contribution in [0.1, 0.15) is 42.4 Å². The van der Waals surface area contributed by atoms with Crippen LogP contribution in [0.4, 0.5) is 0 Å². The summed E-state index contributed by atoms with van der Waals surface area (Å²) in [6.45, 7) is 9.29. The van der Waals surface area contributed by atoms with Gasteiger partial charge in [0, 0.05) is 5.69 Å². The molecule has 1 aromatic rings. The number of esters is 1. The van der Waals surface area contributed by atoms with Crippen LogP contribution in [0.5, 0.6) is 0 Å². The van der Waals surface area contributed by atoms with Gasteiger partial charge in [0.2, 0.25) is 0 Å². The van der Waals surface area contributed by atoms with Crippen LogP contribution in [0.25, 0.3) is 0 Å². The Balaban J connectivity index is 3.10. The summed E-state index contributed by atoms with van der Waals surface area (Å²) in [5.74, 6) is -0.343. The minimum Gasteiger partial charge on any atom is -0.456 e. The lowest BCUT2D eigenvalue weighted by molar-refractivity contribution is 0.00671. The van der Waals surface area contributed by atoms with Crippen molar-refractivity contribution in [3.63, 3.8) is 0 Å². The minimum absolute atomic E-state index is 0.343. The summed E-state index contributed by atoms with van der Waals surface area (Å²) in [5, 5.41) is 0. The lowest BCUT2D eigenvalue weighted by Gasteiger charge is -2.20. The smallest absolute Gasteiger partial charge is 0.341 e. The van der Waals surface area contributed by atoms with E-state index in [-0.39, 0.29) is 5.97 Å². The number of hydrogen-bond donors (Lipinski definition) is 0. The molecule has 0 aliphatic carbocycles. The Morgan fingerprint density at radius 1 is 1.38 bits per heavy atom. The maximum absolute atomic E-state index is 11.9. The molecule has 1 aromatic heterocycles. The molecule has 0 radical (unpaired) electrons. The highest BCUT2D eigenvalue weighted by Crippen LogP contribution is 2.22. The number of aromatic nitrogens is 1. The number of halogens is 1. The van der Waals surface area contributed by atoms with Gasteiger partial charge >= 0.3 is 5.97 Å². The number of ether oxygens (including phenoxy) is 1. The molecular weight excluding hydrogens is 270 g/mol. The molecule has 0 aliphatic rings. The van der Waals surface area contributed by atoms with E-state index in [1.54, 1.807) is 0 Å². The standard InChI is InChI=1S/C12H16BrNO2/c1-7-6-8(2)14-10(13)9(7)11(15)16-12(3,4)5/h6H,1-5H3. The van der Waals surface area contributed by atoms with Gasteiger partial charge in [0.15, 0.2) is 0 Å². The molecule has 1 rings (SSSR count). The fourth-order valence-electron chi connectivity index (χ4n) is 1.37. The SMILES string of the molecule is Cc1cc(C)c(C(=O)OC(C)(C)C)c(Br)n1. The Labute approximate surface area is 104 Å². The van der Waals surface area contributed by atoms with Gasteiger partial charge < -0.3 is 4.74 Å². The number of carbonyl (C=O) groups excluding carboxylic acids is 1. The Hall–Kier alpha value is -0.900. The van der Waals surface area contributed by atoms with E-state index >= 15 is 0 Å². The van der Waals surface area contributed by atoms with E-state index in [0.717, 1.165) is 11.3 Å². The van der Waals surface area contributed by atoms with Crippen LogP contribution in [-0.4, -0.2) is 16.6 Å². The van der Waals surface area contributed by atoms with Crippen molar-refractivity contribution in [2.75, 3.05) is 0 Å². The summed E-state index contributed by atoms with van der Waals surface area (Å²) in [5.41, 5.74) is 1.75. The zero-order chi connectivity index (χ0) is 12.5. The van der Waals surface area contributed by atoms with Gasteiger partial charge in [-0.05, 0) is 62.2 Å². The maximum atomic E-state index is 11.9. The molecule has 0 aromatic carbocycles. The minimum atomic E-state index is -0.492. The number of nitrogens with zero attached hydrogens (tertiary/aromatic N) is 1. The van der Waals surface area contributed by atoms with E-state index in [4.69, 9.17) is 4.74 Å². The van der Waals surface area contributed by atoms with Gasteiger partial charge in [-0.2, -0.15) is 0 Å². The van der Waals surface area contributed by atoms with E-state index < -0.39 is 5.60 Å². The first-order valence-electron chi connectivity index (χ1n) is 5.08. The first kappa shape index (κ1) is 13.2. The topological polar surface area (TPSA) is 39.2 Å². The molecule has 1 heterocycles. The Kier molecular flexibility index (Phi) is 3.73. The fourth-order valence-corrected chi connectivity index (χ4v) is 2.12. The molecule has 0 atom stereocenters. The average Bonchev–Trinajstić information content (AvgIpc) is 1.96. The largest absolute Gasteiger partial charge is 0.456 e. The van der Waals surface area contributed by atoms with Crippen LogP contribution in [0, 0.1) is 13.8 Å². The highest BCUT2D eigenvalue weighted by molar-refractivity contribution is 9.10. The van der Waals surface area contributed by atoms with Crippen molar-refractivity contribution >= 4 is 21.9 Å². The predicted octanol–water partition coefficient (Wildman–Crippen LogP) is 3.42. The van der Waals surface area contributed by atoms with Crippen LogP contribution in [0.15, 0.2) is 10.7 Å². The number of aryl methyl sites for hydroxylation is 2. The molecule has 0 bridgehead atoms. The van der Waals surface area contributed by atoms with Crippen LogP contribution in [-0.2, 0) is 4.74 Å². The van der Waals surface area contributed by atoms with Crippen molar-refractivity contribution in [3.05, 3.63) is 27.5 Å². The molecule has 16 heavy (non-hydrogen) atoms. The maximum Gasteiger partial charge on any atom is 0.341 e. The highest BCUT2D eigenvalue weighted by atomic mass is 79.9. The Morgan fingerprint density at radius 3 is 2.38 bits per heavy atom. The Bertz CT molecular complexity index is 399. The van der Waals surface area contributed by atoms with Gasteiger partial charge in [-0.25, -0.2) is 9.78 Å². The van der Waals surface area contributed by atoms with Crippen molar-refractivity contribution in [1.82, 2.24) is 4.98 Å². The van der Waals surface area contributed by atoms with Gasteiger partial charge in [-0.1, -0.05) is 0 Å². The average molecular weight is 286 g/mol. The normalized spacial score (nSPS) is 11.4. The number of rotatable bonds is 1. The molecule has 0 amide bonds. The van der Waals surface area contributed by atoms with Crippen LogP contribution >= 0.6 is 15.9 Å². The lowest BCUT2D eigenvalue weighted by Crippen LogP contribution is -2.24. The first-order chi connectivity index (χ1) is 7.20. The first-order valence-corrected chi connectivity index (χ1v) is 5.87. The van der Waals surface area contributed by atoms with E-state index in [0.29, 0.717) is 10.2 Å². The van der Waals surface area contributed by atoms with E-state index in [1.165, 1.54) is 0 Å². The molecule has 0 unspecified atom stereocenters. The highest BCUT2D eigenvalue weighted by Gasteiger charge is 2.22. The summed E-state index contributed by atoms with van der Waals surface area (Å²) in [6, 6.07) is 1.87. The molecule has 0 saturated heterocycles. The van der Waals surface area contributed by atoms with E-state index in [9.17, 15) is 4.79 Å². The summed E-state index contributed by atoms with van der Waals surface area (Å²) in [4.78, 5) is 16.1. The molecular formula is C12H16BrNO2. The molecule has 88 valence electrons. The molecule has 4 heteroatoms. The van der Waals surface area contributed by atoms with Crippen molar-refractivity contribution in [2.24, 2.45) is 0 Å². The van der Waals surface area contributed by atoms with Crippen LogP contribution < -0.4 is 0 Å². The number of pyridine rings is 1. The van der Waals surface area contributed by atoms with Crippen LogP contribution in [0.3, 0.4) is 0 Å². The van der Waals surface area contributed by atoms with Crippen molar-refractivity contribution in [2.45, 2.75) is 40.2 Å². The number of hydrogen-bond acceptors (Lipinski definition) is 3. The molecule has 0 fully saturated rings. The second-order valence-corrected chi connectivity index (χ2v) is 5.50. The lowest BCUT2D eigenvalue weighted by atomic mass is 10.1. The van der Waals surface area contributed by atoms with Gasteiger partial charge in [0.1, 0.15) is 10.2 Å². The van der Waals surface area contributed by atoms with Crippen molar-refractivity contribution in [3.8, 4) is 0 Å². The van der Waals surface area contributed by atoms with Gasteiger partial charge in [0.25, 0.3) is 0 Å². The third kappa shape index (κ3) is 3.30. The van der Waals surface area contributed by atoms with Crippen LogP contribution in [0.2, 0.25) is 0 Å². The second-order valence-electron chi connectivity index (χ2n) is 4.75. The molecule has 0 saturated carbocycles. The molecule has 0 aliphatic heterocycles. The van der Waals surface area contributed by atoms with Gasteiger partial charge in [-0.15, -0.1) is 0 Å². The zero-order valence-corrected chi connectivity index (χ0v) is 11.8. The van der Waals surface area contributed by atoms with Crippen molar-refractivity contribution in [1.29, 1.82) is 0 Å². The summed E-state index contributed by atoms with van der Waals surface area (Å²) in [6.07, 6.45) is 0. The van der Waals surface area contributed by atoms with Gasteiger partial charge in [0.05, 0.1) is 5.56 Å². The Morgan fingerprint density at radius 2 is 1.94 bits per heavy atom. The number of carbonyl (C=O) groups is 1. The molecule has 3 nitrogen and oxygen atoms in total.